The fourth-order valence-corrected chi connectivity index (χ4v) is 5.10. The van der Waals surface area contributed by atoms with Gasteiger partial charge in [0, 0.05) is 11.4 Å². The van der Waals surface area contributed by atoms with E-state index >= 15 is 0 Å². The molecule has 1 atom stereocenters. The van der Waals surface area contributed by atoms with Crippen LogP contribution < -0.4 is 10.5 Å². The molecule has 1 aliphatic rings. The predicted octanol–water partition coefficient (Wildman–Crippen LogP) is 1.34. The van der Waals surface area contributed by atoms with Gasteiger partial charge in [0.25, 0.3) is 0 Å². The Balaban J connectivity index is 1.84. The summed E-state index contributed by atoms with van der Waals surface area (Å²) in [5.41, 5.74) is 0. The van der Waals surface area contributed by atoms with Crippen LogP contribution in [0.2, 0.25) is 0 Å². The molecule has 1 aromatic heterocycles. The van der Waals surface area contributed by atoms with Crippen molar-refractivity contribution in [3.8, 4) is 0 Å². The first kappa shape index (κ1) is 15.8. The van der Waals surface area contributed by atoms with Crippen molar-refractivity contribution in [3.63, 3.8) is 0 Å². The SMILES string of the molecule is CC1(C(=O)NCCc2ccc(S(N)(=O)=O)s2)CCCS1. The highest BCUT2D eigenvalue weighted by Crippen LogP contribution is 2.37. The van der Waals surface area contributed by atoms with Gasteiger partial charge in [-0.15, -0.1) is 23.1 Å². The van der Waals surface area contributed by atoms with Crippen molar-refractivity contribution in [2.45, 2.75) is 35.1 Å². The molecule has 0 aromatic carbocycles. The summed E-state index contributed by atoms with van der Waals surface area (Å²) in [5, 5.41) is 7.98. The maximum atomic E-state index is 12.1. The van der Waals surface area contributed by atoms with Gasteiger partial charge in [0.05, 0.1) is 4.75 Å². The van der Waals surface area contributed by atoms with E-state index < -0.39 is 10.0 Å². The molecule has 20 heavy (non-hydrogen) atoms. The zero-order valence-electron chi connectivity index (χ0n) is 11.2. The molecule has 1 fully saturated rings. The summed E-state index contributed by atoms with van der Waals surface area (Å²) in [7, 11) is -3.62. The number of carbonyl (C=O) groups excluding carboxylic acids is 1. The summed E-state index contributed by atoms with van der Waals surface area (Å²) >= 11 is 2.85. The number of thioether (sulfide) groups is 1. The van der Waals surface area contributed by atoms with Crippen LogP contribution in [-0.4, -0.2) is 31.4 Å². The zero-order valence-corrected chi connectivity index (χ0v) is 13.7. The summed E-state index contributed by atoms with van der Waals surface area (Å²) in [6, 6.07) is 3.24. The highest BCUT2D eigenvalue weighted by molar-refractivity contribution is 8.01. The highest BCUT2D eigenvalue weighted by Gasteiger charge is 2.36. The number of primary sulfonamides is 1. The first-order valence-electron chi connectivity index (χ1n) is 6.35. The molecule has 2 heterocycles. The molecular formula is C12H18N2O3S3. The molecule has 3 N–H and O–H groups in total. The Morgan fingerprint density at radius 2 is 2.25 bits per heavy atom. The zero-order chi connectivity index (χ0) is 14.8. The van der Waals surface area contributed by atoms with Crippen LogP contribution in [-0.2, 0) is 21.2 Å². The van der Waals surface area contributed by atoms with Crippen molar-refractivity contribution in [2.75, 3.05) is 12.3 Å². The molecule has 0 radical (unpaired) electrons. The average molecular weight is 334 g/mol. The molecule has 8 heteroatoms. The summed E-state index contributed by atoms with van der Waals surface area (Å²) in [6.45, 7) is 2.49. The van der Waals surface area contributed by atoms with E-state index in [2.05, 4.69) is 5.32 Å². The third-order valence-electron chi connectivity index (χ3n) is 3.27. The lowest BCUT2D eigenvalue weighted by Gasteiger charge is -2.21. The molecule has 0 saturated carbocycles. The lowest BCUT2D eigenvalue weighted by atomic mass is 10.1. The van der Waals surface area contributed by atoms with Gasteiger partial charge in [-0.2, -0.15) is 0 Å². The van der Waals surface area contributed by atoms with Crippen LogP contribution in [0.3, 0.4) is 0 Å². The number of thiophene rings is 1. The second-order valence-corrected chi connectivity index (χ2v) is 9.51. The van der Waals surface area contributed by atoms with Crippen molar-refractivity contribution < 1.29 is 13.2 Å². The van der Waals surface area contributed by atoms with Gasteiger partial charge in [-0.05, 0) is 44.1 Å². The van der Waals surface area contributed by atoms with Gasteiger partial charge in [-0.25, -0.2) is 13.6 Å². The van der Waals surface area contributed by atoms with Gasteiger partial charge < -0.3 is 5.32 Å². The molecule has 5 nitrogen and oxygen atoms in total. The first-order valence-corrected chi connectivity index (χ1v) is 9.70. The summed E-state index contributed by atoms with van der Waals surface area (Å²) in [5.74, 6) is 1.11. The monoisotopic (exact) mass is 334 g/mol. The van der Waals surface area contributed by atoms with E-state index in [9.17, 15) is 13.2 Å². The van der Waals surface area contributed by atoms with E-state index in [1.807, 2.05) is 6.92 Å². The van der Waals surface area contributed by atoms with Gasteiger partial charge in [0.2, 0.25) is 15.9 Å². The number of rotatable bonds is 5. The van der Waals surface area contributed by atoms with Crippen molar-refractivity contribution >= 4 is 39.0 Å². The molecule has 1 aliphatic heterocycles. The maximum absolute atomic E-state index is 12.1. The van der Waals surface area contributed by atoms with Crippen LogP contribution in [0.15, 0.2) is 16.3 Å². The molecule has 1 unspecified atom stereocenters. The Hall–Kier alpha value is -0.570. The van der Waals surface area contributed by atoms with E-state index in [0.29, 0.717) is 13.0 Å². The number of hydrogen-bond donors (Lipinski definition) is 2. The normalized spacial score (nSPS) is 22.9. The fourth-order valence-electron chi connectivity index (χ4n) is 2.09. The summed E-state index contributed by atoms with van der Waals surface area (Å²) in [6.07, 6.45) is 2.61. The number of nitrogens with one attached hydrogen (secondary N) is 1. The lowest BCUT2D eigenvalue weighted by molar-refractivity contribution is -0.123. The second kappa shape index (κ2) is 6.05. The third-order valence-corrected chi connectivity index (χ3v) is 7.38. The fraction of sp³-hybridized carbons (Fsp3) is 0.583. The molecule has 0 bridgehead atoms. The molecule has 1 aromatic rings. The van der Waals surface area contributed by atoms with E-state index in [4.69, 9.17) is 5.14 Å². The van der Waals surface area contributed by atoms with E-state index in [0.717, 1.165) is 34.8 Å². The van der Waals surface area contributed by atoms with Crippen LogP contribution >= 0.6 is 23.1 Å². The predicted molar refractivity (Wildman–Crippen MR) is 82.5 cm³/mol. The first-order chi connectivity index (χ1) is 9.31. The van der Waals surface area contributed by atoms with Crippen LogP contribution in [0.4, 0.5) is 0 Å². The number of hydrogen-bond acceptors (Lipinski definition) is 5. The molecule has 1 amide bonds. The van der Waals surface area contributed by atoms with E-state index in [1.165, 1.54) is 6.07 Å². The maximum Gasteiger partial charge on any atom is 0.247 e. The van der Waals surface area contributed by atoms with Gasteiger partial charge >= 0.3 is 0 Å². The number of amides is 1. The van der Waals surface area contributed by atoms with Crippen molar-refractivity contribution in [1.82, 2.24) is 5.32 Å². The molecule has 0 aliphatic carbocycles. The molecular weight excluding hydrogens is 316 g/mol. The van der Waals surface area contributed by atoms with Crippen LogP contribution in [0.1, 0.15) is 24.6 Å². The summed E-state index contributed by atoms with van der Waals surface area (Å²) in [4.78, 5) is 13.0. The Morgan fingerprint density at radius 3 is 2.80 bits per heavy atom. The van der Waals surface area contributed by atoms with Crippen LogP contribution in [0.25, 0.3) is 0 Å². The Bertz CT molecular complexity index is 589. The second-order valence-electron chi connectivity index (χ2n) is 4.95. The standard InChI is InChI=1S/C12H18N2O3S3/c1-12(6-2-8-18-12)11(15)14-7-5-9-3-4-10(19-9)20(13,16)17/h3-4H,2,5-8H2,1H3,(H,14,15)(H2,13,16,17). The van der Waals surface area contributed by atoms with E-state index in [1.54, 1.807) is 17.8 Å². The van der Waals surface area contributed by atoms with Gasteiger partial charge in [0.1, 0.15) is 4.21 Å². The Morgan fingerprint density at radius 1 is 1.50 bits per heavy atom. The van der Waals surface area contributed by atoms with Gasteiger partial charge in [-0.3, -0.25) is 4.79 Å². The Kier molecular flexibility index (Phi) is 4.78. The van der Waals surface area contributed by atoms with Crippen molar-refractivity contribution in [2.24, 2.45) is 5.14 Å². The Labute approximate surface area is 127 Å². The minimum atomic E-state index is -3.62. The van der Waals surface area contributed by atoms with Crippen molar-refractivity contribution in [1.29, 1.82) is 0 Å². The molecule has 112 valence electrons. The molecule has 1 saturated heterocycles. The van der Waals surface area contributed by atoms with Crippen LogP contribution in [0.5, 0.6) is 0 Å². The number of sulfonamides is 1. The average Bonchev–Trinajstić information content (AvgIpc) is 2.98. The molecule has 0 spiro atoms. The highest BCUT2D eigenvalue weighted by atomic mass is 32.2. The summed E-state index contributed by atoms with van der Waals surface area (Å²) < 4.78 is 22.2. The number of carbonyl (C=O) groups is 1. The minimum Gasteiger partial charge on any atom is -0.355 e. The quantitative estimate of drug-likeness (QED) is 0.850. The smallest absolute Gasteiger partial charge is 0.247 e. The number of nitrogens with two attached hydrogens (primary N) is 1. The van der Waals surface area contributed by atoms with Gasteiger partial charge in [-0.1, -0.05) is 0 Å². The van der Waals surface area contributed by atoms with Gasteiger partial charge in [0.15, 0.2) is 0 Å². The van der Waals surface area contributed by atoms with Crippen molar-refractivity contribution in [3.05, 3.63) is 17.0 Å². The lowest BCUT2D eigenvalue weighted by Crippen LogP contribution is -2.41. The third kappa shape index (κ3) is 3.75. The largest absolute Gasteiger partial charge is 0.355 e. The topological polar surface area (TPSA) is 89.3 Å². The minimum absolute atomic E-state index is 0.0724. The van der Waals surface area contributed by atoms with E-state index in [-0.39, 0.29) is 14.9 Å². The molecule has 2 rings (SSSR count). The van der Waals surface area contributed by atoms with Crippen LogP contribution in [0, 0.1) is 0 Å².